The predicted octanol–water partition coefficient (Wildman–Crippen LogP) is 8.43. The van der Waals surface area contributed by atoms with Crippen LogP contribution in [-0.2, 0) is 6.42 Å². The van der Waals surface area contributed by atoms with Gasteiger partial charge < -0.3 is 10.6 Å². The second-order valence-corrected chi connectivity index (χ2v) is 8.17. The molecule has 1 aromatic rings. The van der Waals surface area contributed by atoms with Gasteiger partial charge in [-0.1, -0.05) is 69.0 Å². The first-order valence-electron chi connectivity index (χ1n) is 11.8. The average Bonchev–Trinajstić information content (AvgIpc) is 2.82. The summed E-state index contributed by atoms with van der Waals surface area (Å²) in [7, 11) is 3.60. The Morgan fingerprint density at radius 3 is 2.26 bits per heavy atom. The van der Waals surface area contributed by atoms with Crippen LogP contribution in [0.25, 0.3) is 0 Å². The summed E-state index contributed by atoms with van der Waals surface area (Å²) in [6.45, 7) is 21.4. The molecule has 0 amide bonds. The zero-order chi connectivity index (χ0) is 26.8. The third-order valence-electron chi connectivity index (χ3n) is 5.08. The van der Waals surface area contributed by atoms with Crippen molar-refractivity contribution in [2.75, 3.05) is 14.1 Å². The molecule has 0 aliphatic carbocycles. The molecule has 0 heterocycles. The quantitative estimate of drug-likeness (QED) is 0.277. The maximum absolute atomic E-state index is 14.7. The van der Waals surface area contributed by atoms with Crippen molar-refractivity contribution in [2.45, 2.75) is 46.5 Å². The highest BCUT2D eigenvalue weighted by Gasteiger charge is 2.09. The first-order valence-corrected chi connectivity index (χ1v) is 11.8. The third kappa shape index (κ3) is 13.2. The highest BCUT2D eigenvalue weighted by atomic mass is 19.1. The molecule has 4 heteroatoms. The Balaban J connectivity index is 0.000000952. The largest absolute Gasteiger partial charge is 0.394 e. The van der Waals surface area contributed by atoms with E-state index in [2.05, 4.69) is 43.9 Å². The molecule has 0 unspecified atom stereocenters. The number of allylic oxidation sites excluding steroid dienone is 10. The summed E-state index contributed by atoms with van der Waals surface area (Å²) in [4.78, 5) is 0. The van der Waals surface area contributed by atoms with Crippen molar-refractivity contribution in [1.29, 1.82) is 0 Å². The molecule has 0 aliphatic heterocycles. The van der Waals surface area contributed by atoms with E-state index in [1.807, 2.05) is 32.3 Å². The lowest BCUT2D eigenvalue weighted by Crippen LogP contribution is -1.98. The first-order chi connectivity index (χ1) is 16.6. The number of hydrogen-bond donors (Lipinski definition) is 2. The van der Waals surface area contributed by atoms with Crippen LogP contribution in [0.4, 0.5) is 8.78 Å². The minimum absolute atomic E-state index is 0.133. The van der Waals surface area contributed by atoms with E-state index >= 15 is 0 Å². The lowest BCUT2D eigenvalue weighted by atomic mass is 9.94. The summed E-state index contributed by atoms with van der Waals surface area (Å²) < 4.78 is 27.2. The number of benzene rings is 1. The highest BCUT2D eigenvalue weighted by Crippen LogP contribution is 2.26. The molecular formula is C31H42F2N2. The fourth-order valence-corrected chi connectivity index (χ4v) is 3.09. The van der Waals surface area contributed by atoms with Gasteiger partial charge >= 0.3 is 0 Å². The van der Waals surface area contributed by atoms with E-state index in [1.54, 1.807) is 38.4 Å². The van der Waals surface area contributed by atoms with Crippen LogP contribution in [0.3, 0.4) is 0 Å². The monoisotopic (exact) mass is 480 g/mol. The summed E-state index contributed by atoms with van der Waals surface area (Å²) in [5.41, 5.74) is 5.63. The molecule has 0 saturated heterocycles. The van der Waals surface area contributed by atoms with Gasteiger partial charge in [-0.15, -0.1) is 0 Å². The van der Waals surface area contributed by atoms with E-state index in [1.165, 1.54) is 12.1 Å². The van der Waals surface area contributed by atoms with Crippen LogP contribution in [0.2, 0.25) is 0 Å². The minimum Gasteiger partial charge on any atom is -0.394 e. The molecule has 0 aromatic heterocycles. The maximum Gasteiger partial charge on any atom is 0.127 e. The number of aryl methyl sites for hydroxylation is 1. The Morgan fingerprint density at radius 1 is 1.06 bits per heavy atom. The molecule has 1 rings (SSSR count). The molecule has 0 spiro atoms. The van der Waals surface area contributed by atoms with Gasteiger partial charge in [-0.3, -0.25) is 0 Å². The fourth-order valence-electron chi connectivity index (χ4n) is 3.09. The Kier molecular flexibility index (Phi) is 16.2. The van der Waals surface area contributed by atoms with Gasteiger partial charge in [0, 0.05) is 20.3 Å². The molecule has 2 N–H and O–H groups in total. The van der Waals surface area contributed by atoms with Crippen LogP contribution in [0.1, 0.15) is 45.6 Å². The van der Waals surface area contributed by atoms with Gasteiger partial charge in [0.2, 0.25) is 0 Å². The van der Waals surface area contributed by atoms with Crippen LogP contribution in [0, 0.1) is 5.82 Å². The summed E-state index contributed by atoms with van der Waals surface area (Å²) in [5.74, 6) is -0.458. The van der Waals surface area contributed by atoms with Gasteiger partial charge in [0.1, 0.15) is 11.6 Å². The van der Waals surface area contributed by atoms with E-state index in [9.17, 15) is 8.78 Å². The average molecular weight is 481 g/mol. The zero-order valence-electron chi connectivity index (χ0n) is 22.1. The van der Waals surface area contributed by atoms with Crippen molar-refractivity contribution in [2.24, 2.45) is 0 Å². The molecule has 0 saturated carbocycles. The fraction of sp³-hybridized carbons (Fsp3) is 0.290. The Bertz CT molecular complexity index is 991. The molecule has 2 nitrogen and oxygen atoms in total. The Labute approximate surface area is 211 Å². The van der Waals surface area contributed by atoms with Gasteiger partial charge in [0.15, 0.2) is 0 Å². The standard InChI is InChI=1S/C22H31FN2.C9H11F/c1-9-20(15-25-8)19(6)22(23)14-21(16(2)3)18(5)11-10-17(4)12-13-24-7;1-2-4-8-5-3-6-9(10)7-8/h9,12-15,24-25H,1-2,4-5,10-11H2,3,6-8H3;3,5-7H,2,4H2,1H3/b13-12-,20-15+,21-14+,22-19-;. The van der Waals surface area contributed by atoms with Crippen LogP contribution < -0.4 is 10.6 Å². The Morgan fingerprint density at radius 2 is 1.74 bits per heavy atom. The molecule has 0 bridgehead atoms. The van der Waals surface area contributed by atoms with Crippen molar-refractivity contribution < 1.29 is 8.78 Å². The van der Waals surface area contributed by atoms with Gasteiger partial charge in [-0.05, 0) is 91.5 Å². The molecule has 190 valence electrons. The van der Waals surface area contributed by atoms with E-state index in [-0.39, 0.29) is 11.6 Å². The van der Waals surface area contributed by atoms with Crippen LogP contribution in [-0.4, -0.2) is 14.1 Å². The number of halogens is 2. The number of rotatable bonds is 13. The predicted molar refractivity (Wildman–Crippen MR) is 150 cm³/mol. The lowest BCUT2D eigenvalue weighted by Gasteiger charge is -2.12. The minimum atomic E-state index is -0.325. The Hall–Kier alpha value is -3.40. The topological polar surface area (TPSA) is 24.1 Å². The lowest BCUT2D eigenvalue weighted by molar-refractivity contribution is 0.625. The summed E-state index contributed by atoms with van der Waals surface area (Å²) in [6.07, 6.45) is 12.1. The molecule has 0 radical (unpaired) electrons. The van der Waals surface area contributed by atoms with E-state index < -0.39 is 0 Å². The molecule has 0 atom stereocenters. The van der Waals surface area contributed by atoms with Crippen LogP contribution in [0.15, 0.2) is 120 Å². The SMILES string of the molecule is C=CC(=C\NC)/C(C)=C(F)/C=C(\C(=C)C)C(=C)CCC(=C)/C=C\NC.CCCc1cccc(F)c1. The summed E-state index contributed by atoms with van der Waals surface area (Å²) in [6, 6.07) is 6.76. The molecule has 1 aromatic carbocycles. The second kappa shape index (κ2) is 18.0. The summed E-state index contributed by atoms with van der Waals surface area (Å²) in [5, 5.41) is 5.82. The van der Waals surface area contributed by atoms with Crippen molar-refractivity contribution >= 4 is 0 Å². The van der Waals surface area contributed by atoms with Crippen molar-refractivity contribution in [3.63, 3.8) is 0 Å². The molecule has 35 heavy (non-hydrogen) atoms. The van der Waals surface area contributed by atoms with Crippen molar-refractivity contribution in [1.82, 2.24) is 10.6 Å². The van der Waals surface area contributed by atoms with Crippen molar-refractivity contribution in [3.8, 4) is 0 Å². The van der Waals surface area contributed by atoms with E-state index in [0.29, 0.717) is 17.6 Å². The van der Waals surface area contributed by atoms with Gasteiger partial charge in [0.05, 0.1) is 0 Å². The molecule has 0 aliphatic rings. The van der Waals surface area contributed by atoms with Gasteiger partial charge in [-0.2, -0.15) is 0 Å². The second-order valence-electron chi connectivity index (χ2n) is 8.17. The van der Waals surface area contributed by atoms with Gasteiger partial charge in [-0.25, -0.2) is 8.78 Å². The zero-order valence-corrected chi connectivity index (χ0v) is 22.1. The number of hydrogen-bond acceptors (Lipinski definition) is 2. The third-order valence-corrected chi connectivity index (χ3v) is 5.08. The highest BCUT2D eigenvalue weighted by molar-refractivity contribution is 5.50. The van der Waals surface area contributed by atoms with E-state index in [4.69, 9.17) is 0 Å². The van der Waals surface area contributed by atoms with Crippen LogP contribution in [0.5, 0.6) is 0 Å². The number of nitrogens with one attached hydrogen (secondary N) is 2. The normalized spacial score (nSPS) is 12.3. The molecular weight excluding hydrogens is 438 g/mol. The first kappa shape index (κ1) is 31.6. The van der Waals surface area contributed by atoms with E-state index in [0.717, 1.165) is 47.1 Å². The summed E-state index contributed by atoms with van der Waals surface area (Å²) >= 11 is 0. The van der Waals surface area contributed by atoms with Crippen molar-refractivity contribution in [3.05, 3.63) is 132 Å². The van der Waals surface area contributed by atoms with Gasteiger partial charge in [0.25, 0.3) is 0 Å². The maximum atomic E-state index is 14.7. The molecule has 0 fully saturated rings. The van der Waals surface area contributed by atoms with Crippen LogP contribution >= 0.6 is 0 Å². The smallest absolute Gasteiger partial charge is 0.127 e.